The van der Waals surface area contributed by atoms with Crippen molar-refractivity contribution in [3.05, 3.63) is 28.7 Å². The van der Waals surface area contributed by atoms with Gasteiger partial charge in [0.15, 0.2) is 0 Å². The Morgan fingerprint density at radius 3 is 2.35 bits per heavy atom. The highest BCUT2D eigenvalue weighted by atomic mass is 79.9. The Kier molecular flexibility index (Phi) is 7.26. The average molecular weight is 420 g/mol. The monoisotopic (exact) mass is 418 g/mol. The zero-order chi connectivity index (χ0) is 15.5. The first-order valence-corrected chi connectivity index (χ1v) is 9.72. The van der Waals surface area contributed by atoms with E-state index in [0.29, 0.717) is 5.91 Å². The van der Waals surface area contributed by atoms with Crippen molar-refractivity contribution in [1.82, 2.24) is 10.2 Å². The first kappa shape index (κ1) is 19.1. The van der Waals surface area contributed by atoms with Crippen molar-refractivity contribution in [2.24, 2.45) is 11.8 Å². The summed E-state index contributed by atoms with van der Waals surface area (Å²) in [6.45, 7) is 6.15. The Hall–Kier alpha value is -0.230. The van der Waals surface area contributed by atoms with E-state index in [-0.39, 0.29) is 17.7 Å². The molecule has 0 saturated carbocycles. The van der Waals surface area contributed by atoms with Crippen LogP contribution in [0.3, 0.4) is 0 Å². The minimum Gasteiger partial charge on any atom is -0.342 e. The fraction of sp³-hybridized carbons (Fsp3) is 0.588. The van der Waals surface area contributed by atoms with Gasteiger partial charge in [-0.25, -0.2) is 0 Å². The number of amides is 1. The van der Waals surface area contributed by atoms with Crippen molar-refractivity contribution >= 4 is 46.0 Å². The molecule has 0 aromatic heterocycles. The molecule has 0 radical (unpaired) electrons. The van der Waals surface area contributed by atoms with Crippen molar-refractivity contribution < 1.29 is 4.79 Å². The quantitative estimate of drug-likeness (QED) is 0.756. The van der Waals surface area contributed by atoms with Crippen molar-refractivity contribution in [3.8, 4) is 0 Å². The SMILES string of the molecule is CC(Sc1ccc(Br)cc1)C(=O)N1CC[C@@H]2CNC[C@@H]2CC1.Cl. The molecule has 2 aliphatic rings. The van der Waals surface area contributed by atoms with Gasteiger partial charge in [0.2, 0.25) is 5.91 Å². The molecule has 2 fully saturated rings. The lowest BCUT2D eigenvalue weighted by molar-refractivity contribution is -0.130. The van der Waals surface area contributed by atoms with Crippen LogP contribution in [0.2, 0.25) is 0 Å². The van der Waals surface area contributed by atoms with E-state index >= 15 is 0 Å². The first-order valence-electron chi connectivity index (χ1n) is 8.05. The summed E-state index contributed by atoms with van der Waals surface area (Å²) in [5.41, 5.74) is 0. The molecule has 0 spiro atoms. The lowest BCUT2D eigenvalue weighted by atomic mass is 9.92. The topological polar surface area (TPSA) is 32.3 Å². The van der Waals surface area contributed by atoms with Crippen molar-refractivity contribution in [2.45, 2.75) is 29.9 Å². The molecule has 2 aliphatic heterocycles. The van der Waals surface area contributed by atoms with Gasteiger partial charge >= 0.3 is 0 Å². The van der Waals surface area contributed by atoms with Gasteiger partial charge in [-0.3, -0.25) is 4.79 Å². The second-order valence-electron chi connectivity index (χ2n) is 6.30. The molecule has 23 heavy (non-hydrogen) atoms. The van der Waals surface area contributed by atoms with E-state index in [1.54, 1.807) is 11.8 Å². The summed E-state index contributed by atoms with van der Waals surface area (Å²) in [6.07, 6.45) is 2.30. The van der Waals surface area contributed by atoms with Gasteiger partial charge in [0, 0.05) is 22.5 Å². The summed E-state index contributed by atoms with van der Waals surface area (Å²) < 4.78 is 1.07. The number of carbonyl (C=O) groups is 1. The van der Waals surface area contributed by atoms with Gasteiger partial charge < -0.3 is 10.2 Å². The molecule has 0 aliphatic carbocycles. The van der Waals surface area contributed by atoms with Crippen molar-refractivity contribution in [2.75, 3.05) is 26.2 Å². The zero-order valence-corrected chi connectivity index (χ0v) is 16.6. The number of thioether (sulfide) groups is 1. The number of nitrogens with zero attached hydrogens (tertiary/aromatic N) is 1. The third-order valence-electron chi connectivity index (χ3n) is 4.81. The fourth-order valence-electron chi connectivity index (χ4n) is 3.46. The van der Waals surface area contributed by atoms with E-state index in [1.807, 2.05) is 19.1 Å². The zero-order valence-electron chi connectivity index (χ0n) is 13.3. The second kappa shape index (κ2) is 8.75. The summed E-state index contributed by atoms with van der Waals surface area (Å²) in [4.78, 5) is 16.0. The summed E-state index contributed by atoms with van der Waals surface area (Å²) >= 11 is 5.10. The van der Waals surface area contributed by atoms with Crippen LogP contribution in [-0.4, -0.2) is 42.2 Å². The highest BCUT2D eigenvalue weighted by Gasteiger charge is 2.32. The summed E-state index contributed by atoms with van der Waals surface area (Å²) in [6, 6.07) is 8.19. The molecule has 1 aromatic carbocycles. The number of likely N-dealkylation sites (tertiary alicyclic amines) is 1. The minimum atomic E-state index is -0.0164. The number of rotatable bonds is 3. The second-order valence-corrected chi connectivity index (χ2v) is 8.62. The predicted molar refractivity (Wildman–Crippen MR) is 102 cm³/mol. The van der Waals surface area contributed by atoms with Gasteiger partial charge in [0.05, 0.1) is 5.25 Å². The van der Waals surface area contributed by atoms with Gasteiger partial charge in [0.1, 0.15) is 0 Å². The summed E-state index contributed by atoms with van der Waals surface area (Å²) in [5, 5.41) is 3.47. The Bertz CT molecular complexity index is 514. The predicted octanol–water partition coefficient (Wildman–Crippen LogP) is 3.81. The maximum Gasteiger partial charge on any atom is 0.235 e. The number of benzene rings is 1. The van der Waals surface area contributed by atoms with Gasteiger partial charge in [-0.2, -0.15) is 0 Å². The number of hydrogen-bond acceptors (Lipinski definition) is 3. The summed E-state index contributed by atoms with van der Waals surface area (Å²) in [5.74, 6) is 1.83. The normalized spacial score (nSPS) is 25.2. The molecular formula is C17H24BrClN2OS. The van der Waals surface area contributed by atoms with E-state index < -0.39 is 0 Å². The Labute approximate surface area is 157 Å². The number of halogens is 2. The molecule has 1 unspecified atom stereocenters. The van der Waals surface area contributed by atoms with Crippen LogP contribution in [0.25, 0.3) is 0 Å². The number of fused-ring (bicyclic) bond motifs is 1. The van der Waals surface area contributed by atoms with E-state index in [9.17, 15) is 4.79 Å². The Morgan fingerprint density at radius 2 is 1.78 bits per heavy atom. The standard InChI is InChI=1S/C17H23BrN2OS.ClH/c1-12(22-16-4-2-15(18)3-5-16)17(21)20-8-6-13-10-19-11-14(13)7-9-20;/h2-5,12-14,19H,6-11H2,1H3;1H/t12?,13-,14+;. The molecule has 3 rings (SSSR count). The van der Waals surface area contributed by atoms with Gasteiger partial charge in [-0.15, -0.1) is 24.2 Å². The highest BCUT2D eigenvalue weighted by Crippen LogP contribution is 2.30. The van der Waals surface area contributed by atoms with Gasteiger partial charge in [-0.05, 0) is 69.0 Å². The van der Waals surface area contributed by atoms with Crippen LogP contribution in [-0.2, 0) is 4.79 Å². The minimum absolute atomic E-state index is 0. The molecular weight excluding hydrogens is 396 g/mol. The van der Waals surface area contributed by atoms with Crippen LogP contribution in [0.4, 0.5) is 0 Å². The smallest absolute Gasteiger partial charge is 0.235 e. The van der Waals surface area contributed by atoms with Crippen LogP contribution in [0.15, 0.2) is 33.6 Å². The average Bonchev–Trinajstić information content (AvgIpc) is 2.87. The van der Waals surface area contributed by atoms with Crippen LogP contribution < -0.4 is 5.32 Å². The molecule has 3 nitrogen and oxygen atoms in total. The number of hydrogen-bond donors (Lipinski definition) is 1. The van der Waals surface area contributed by atoms with E-state index in [4.69, 9.17) is 0 Å². The maximum atomic E-state index is 12.7. The molecule has 128 valence electrons. The molecule has 1 aromatic rings. The van der Waals surface area contributed by atoms with Crippen molar-refractivity contribution in [3.63, 3.8) is 0 Å². The lowest BCUT2D eigenvalue weighted by Crippen LogP contribution is -2.37. The molecule has 0 bridgehead atoms. The van der Waals surface area contributed by atoms with Gasteiger partial charge in [0.25, 0.3) is 0 Å². The van der Waals surface area contributed by atoms with Crippen LogP contribution in [0.5, 0.6) is 0 Å². The molecule has 2 heterocycles. The Balaban J connectivity index is 0.00000192. The third-order valence-corrected chi connectivity index (χ3v) is 6.43. The fourth-order valence-corrected chi connectivity index (χ4v) is 4.68. The molecule has 6 heteroatoms. The third kappa shape index (κ3) is 4.88. The van der Waals surface area contributed by atoms with Crippen molar-refractivity contribution in [1.29, 1.82) is 0 Å². The number of carbonyl (C=O) groups excluding carboxylic acids is 1. The molecule has 2 saturated heterocycles. The number of nitrogens with one attached hydrogen (secondary N) is 1. The molecule has 3 atom stereocenters. The molecule has 1 N–H and O–H groups in total. The molecule has 1 amide bonds. The first-order chi connectivity index (χ1) is 10.6. The van der Waals surface area contributed by atoms with E-state index in [0.717, 1.165) is 60.2 Å². The maximum absolute atomic E-state index is 12.7. The van der Waals surface area contributed by atoms with E-state index in [1.165, 1.54) is 0 Å². The summed E-state index contributed by atoms with van der Waals surface area (Å²) in [7, 11) is 0. The highest BCUT2D eigenvalue weighted by molar-refractivity contribution is 9.10. The van der Waals surface area contributed by atoms with Crippen LogP contribution >= 0.6 is 40.1 Å². The van der Waals surface area contributed by atoms with Crippen LogP contribution in [0.1, 0.15) is 19.8 Å². The Morgan fingerprint density at radius 1 is 1.22 bits per heavy atom. The van der Waals surface area contributed by atoms with Gasteiger partial charge in [-0.1, -0.05) is 15.9 Å². The van der Waals surface area contributed by atoms with E-state index in [2.05, 4.69) is 38.3 Å². The largest absolute Gasteiger partial charge is 0.342 e. The van der Waals surface area contributed by atoms with Crippen LogP contribution in [0, 0.1) is 11.8 Å². The lowest BCUT2D eigenvalue weighted by Gasteiger charge is -2.24.